The fourth-order valence-electron chi connectivity index (χ4n) is 3.28. The molecule has 4 nitrogen and oxygen atoms in total. The Hall–Kier alpha value is -1.17. The zero-order chi connectivity index (χ0) is 13.9. The second kappa shape index (κ2) is 6.08. The number of hydrazine groups is 1. The fraction of sp³-hybridized carbons (Fsp3) is 0.533. The Balaban J connectivity index is 1.93. The van der Waals surface area contributed by atoms with Crippen LogP contribution in [0.1, 0.15) is 54.3 Å². The smallest absolute Gasteiger partial charge is 0.0697 e. The van der Waals surface area contributed by atoms with Crippen LogP contribution in [-0.2, 0) is 13.0 Å². The number of rotatable bonds is 5. The number of thiophene rings is 1. The lowest BCUT2D eigenvalue weighted by atomic mass is 9.81. The van der Waals surface area contributed by atoms with E-state index in [1.54, 1.807) is 0 Å². The molecule has 3 rings (SSSR count). The summed E-state index contributed by atoms with van der Waals surface area (Å²) in [6.07, 6.45) is 6.62. The van der Waals surface area contributed by atoms with Gasteiger partial charge in [0.05, 0.1) is 11.7 Å². The summed E-state index contributed by atoms with van der Waals surface area (Å²) < 4.78 is 2.09. The Bertz CT molecular complexity index is 560. The molecule has 2 atom stereocenters. The third-order valence-corrected chi connectivity index (χ3v) is 5.18. The highest BCUT2D eigenvalue weighted by Crippen LogP contribution is 2.41. The molecule has 1 aliphatic carbocycles. The summed E-state index contributed by atoms with van der Waals surface area (Å²) in [5, 5.41) is 6.65. The number of aryl methyl sites for hydroxylation is 2. The molecule has 20 heavy (non-hydrogen) atoms. The van der Waals surface area contributed by atoms with Crippen molar-refractivity contribution in [3.8, 4) is 0 Å². The Morgan fingerprint density at radius 1 is 1.55 bits per heavy atom. The van der Waals surface area contributed by atoms with Crippen LogP contribution in [0, 0.1) is 0 Å². The van der Waals surface area contributed by atoms with Crippen molar-refractivity contribution in [1.29, 1.82) is 0 Å². The Kier molecular flexibility index (Phi) is 4.19. The van der Waals surface area contributed by atoms with Gasteiger partial charge in [-0.1, -0.05) is 6.92 Å². The molecule has 5 heteroatoms. The second-order valence-corrected chi connectivity index (χ2v) is 6.42. The third-order valence-electron chi connectivity index (χ3n) is 4.18. The van der Waals surface area contributed by atoms with Gasteiger partial charge >= 0.3 is 0 Å². The van der Waals surface area contributed by atoms with Gasteiger partial charge in [-0.05, 0) is 48.8 Å². The SMILES string of the molecule is CCCn1nccc1C(NN)C1CCCc2sccc21. The zero-order valence-electron chi connectivity index (χ0n) is 11.9. The lowest BCUT2D eigenvalue weighted by Gasteiger charge is -2.30. The van der Waals surface area contributed by atoms with Gasteiger partial charge < -0.3 is 0 Å². The lowest BCUT2D eigenvalue weighted by molar-refractivity contribution is 0.383. The van der Waals surface area contributed by atoms with Gasteiger partial charge in [0.2, 0.25) is 0 Å². The Labute approximate surface area is 124 Å². The van der Waals surface area contributed by atoms with Crippen molar-refractivity contribution in [2.75, 3.05) is 0 Å². The van der Waals surface area contributed by atoms with Crippen LogP contribution in [0.2, 0.25) is 0 Å². The molecule has 2 aromatic rings. The van der Waals surface area contributed by atoms with Crippen molar-refractivity contribution in [3.63, 3.8) is 0 Å². The lowest BCUT2D eigenvalue weighted by Crippen LogP contribution is -2.35. The van der Waals surface area contributed by atoms with Crippen LogP contribution in [0.5, 0.6) is 0 Å². The summed E-state index contributed by atoms with van der Waals surface area (Å²) in [6.45, 7) is 3.12. The zero-order valence-corrected chi connectivity index (χ0v) is 12.7. The molecule has 2 unspecified atom stereocenters. The van der Waals surface area contributed by atoms with Crippen molar-refractivity contribution in [3.05, 3.63) is 39.8 Å². The topological polar surface area (TPSA) is 55.9 Å². The number of nitrogens with two attached hydrogens (primary N) is 1. The normalized spacial score (nSPS) is 19.8. The molecule has 0 amide bonds. The first-order chi connectivity index (χ1) is 9.85. The summed E-state index contributed by atoms with van der Waals surface area (Å²) in [5.74, 6) is 6.36. The fourth-order valence-corrected chi connectivity index (χ4v) is 4.28. The number of fused-ring (bicyclic) bond motifs is 1. The van der Waals surface area contributed by atoms with Crippen LogP contribution in [-0.4, -0.2) is 9.78 Å². The average molecular weight is 290 g/mol. The molecule has 3 N–H and O–H groups in total. The van der Waals surface area contributed by atoms with Crippen molar-refractivity contribution in [2.45, 2.75) is 51.1 Å². The molecule has 2 aromatic heterocycles. The molecule has 0 saturated carbocycles. The monoisotopic (exact) mass is 290 g/mol. The van der Waals surface area contributed by atoms with Crippen molar-refractivity contribution < 1.29 is 0 Å². The van der Waals surface area contributed by atoms with E-state index in [9.17, 15) is 0 Å². The van der Waals surface area contributed by atoms with E-state index in [0.717, 1.165) is 13.0 Å². The predicted octanol–water partition coefficient (Wildman–Crippen LogP) is 2.98. The second-order valence-electron chi connectivity index (χ2n) is 5.42. The Morgan fingerprint density at radius 3 is 3.25 bits per heavy atom. The van der Waals surface area contributed by atoms with Crippen LogP contribution < -0.4 is 11.3 Å². The van der Waals surface area contributed by atoms with E-state index in [1.165, 1.54) is 35.4 Å². The molecular formula is C15H22N4S. The van der Waals surface area contributed by atoms with Crippen LogP contribution in [0.3, 0.4) is 0 Å². The summed E-state index contributed by atoms with van der Waals surface area (Å²) in [7, 11) is 0. The van der Waals surface area contributed by atoms with Gasteiger partial charge in [-0.2, -0.15) is 5.10 Å². The van der Waals surface area contributed by atoms with E-state index < -0.39 is 0 Å². The summed E-state index contributed by atoms with van der Waals surface area (Å²) in [5.41, 5.74) is 5.73. The maximum atomic E-state index is 5.90. The van der Waals surface area contributed by atoms with Gasteiger partial charge in [-0.15, -0.1) is 11.3 Å². The standard InChI is InChI=1S/C15H22N4S/c1-2-9-19-13(6-8-17-19)15(18-16)12-4-3-5-14-11(12)7-10-20-14/h6-8,10,12,15,18H,2-5,9,16H2,1H3. The minimum atomic E-state index is 0.151. The van der Waals surface area contributed by atoms with Crippen LogP contribution >= 0.6 is 11.3 Å². The van der Waals surface area contributed by atoms with Gasteiger partial charge in [0.1, 0.15) is 0 Å². The van der Waals surface area contributed by atoms with E-state index in [4.69, 9.17) is 5.84 Å². The van der Waals surface area contributed by atoms with Gasteiger partial charge in [-0.3, -0.25) is 16.0 Å². The first kappa shape index (κ1) is 13.8. The van der Waals surface area contributed by atoms with E-state index >= 15 is 0 Å². The number of hydrogen-bond acceptors (Lipinski definition) is 4. The van der Waals surface area contributed by atoms with E-state index in [-0.39, 0.29) is 6.04 Å². The first-order valence-corrected chi connectivity index (χ1v) is 8.27. The molecular weight excluding hydrogens is 268 g/mol. The highest BCUT2D eigenvalue weighted by molar-refractivity contribution is 7.10. The summed E-state index contributed by atoms with van der Waals surface area (Å²) in [4.78, 5) is 1.53. The maximum Gasteiger partial charge on any atom is 0.0697 e. The highest BCUT2D eigenvalue weighted by Gasteiger charge is 2.30. The van der Waals surface area contributed by atoms with Gasteiger partial charge in [0.25, 0.3) is 0 Å². The number of aromatic nitrogens is 2. The Morgan fingerprint density at radius 2 is 2.45 bits per heavy atom. The van der Waals surface area contributed by atoms with Gasteiger partial charge in [0.15, 0.2) is 0 Å². The molecule has 0 bridgehead atoms. The van der Waals surface area contributed by atoms with E-state index in [0.29, 0.717) is 5.92 Å². The molecule has 0 radical (unpaired) electrons. The summed E-state index contributed by atoms with van der Waals surface area (Å²) in [6, 6.07) is 4.52. The van der Waals surface area contributed by atoms with Crippen LogP contribution in [0.4, 0.5) is 0 Å². The predicted molar refractivity (Wildman–Crippen MR) is 82.6 cm³/mol. The summed E-state index contributed by atoms with van der Waals surface area (Å²) >= 11 is 1.88. The van der Waals surface area contributed by atoms with Gasteiger partial charge in [0, 0.05) is 23.5 Å². The average Bonchev–Trinajstić information content (AvgIpc) is 3.10. The number of hydrogen-bond donors (Lipinski definition) is 2. The van der Waals surface area contributed by atoms with Crippen LogP contribution in [0.15, 0.2) is 23.7 Å². The first-order valence-electron chi connectivity index (χ1n) is 7.39. The molecule has 1 aliphatic rings. The van der Waals surface area contributed by atoms with Crippen LogP contribution in [0.25, 0.3) is 0 Å². The van der Waals surface area contributed by atoms with Crippen molar-refractivity contribution in [2.24, 2.45) is 5.84 Å². The molecule has 2 heterocycles. The quantitative estimate of drug-likeness (QED) is 0.657. The van der Waals surface area contributed by atoms with Gasteiger partial charge in [-0.25, -0.2) is 0 Å². The third kappa shape index (κ3) is 2.41. The molecule has 0 aromatic carbocycles. The molecule has 0 saturated heterocycles. The highest BCUT2D eigenvalue weighted by atomic mass is 32.1. The molecule has 0 spiro atoms. The molecule has 108 valence electrons. The minimum Gasteiger partial charge on any atom is -0.271 e. The van der Waals surface area contributed by atoms with Crippen molar-refractivity contribution in [1.82, 2.24) is 15.2 Å². The molecule has 0 fully saturated rings. The minimum absolute atomic E-state index is 0.151. The number of nitrogens with zero attached hydrogens (tertiary/aromatic N) is 2. The largest absolute Gasteiger partial charge is 0.271 e. The maximum absolute atomic E-state index is 5.90. The van der Waals surface area contributed by atoms with E-state index in [1.807, 2.05) is 17.5 Å². The molecule has 0 aliphatic heterocycles. The van der Waals surface area contributed by atoms with Crippen molar-refractivity contribution >= 4 is 11.3 Å². The van der Waals surface area contributed by atoms with E-state index in [2.05, 4.69) is 39.6 Å². The number of nitrogens with one attached hydrogen (secondary N) is 1.